The highest BCUT2D eigenvalue weighted by atomic mass is 35.5. The van der Waals surface area contributed by atoms with Crippen molar-refractivity contribution in [2.45, 2.75) is 19.4 Å². The second-order valence-electron chi connectivity index (χ2n) is 4.61. The van der Waals surface area contributed by atoms with Crippen molar-refractivity contribution in [1.82, 2.24) is 9.88 Å². The summed E-state index contributed by atoms with van der Waals surface area (Å²) in [5, 5.41) is 1.82. The Bertz CT molecular complexity index is 533. The molecule has 17 heavy (non-hydrogen) atoms. The highest BCUT2D eigenvalue weighted by Gasteiger charge is 2.14. The van der Waals surface area contributed by atoms with Gasteiger partial charge in [0.25, 0.3) is 0 Å². The summed E-state index contributed by atoms with van der Waals surface area (Å²) < 4.78 is 0. The molecule has 0 radical (unpaired) electrons. The molecule has 0 spiro atoms. The SMILES string of the molecule is Clc1nc2ccccc2cc1CN1CCCC1. The van der Waals surface area contributed by atoms with Crippen LogP contribution in [0.25, 0.3) is 10.9 Å². The van der Waals surface area contributed by atoms with Crippen LogP contribution in [-0.2, 0) is 6.54 Å². The Balaban J connectivity index is 1.95. The number of fused-ring (bicyclic) bond motifs is 1. The molecule has 0 saturated carbocycles. The lowest BCUT2D eigenvalue weighted by molar-refractivity contribution is 0.331. The second kappa shape index (κ2) is 4.63. The van der Waals surface area contributed by atoms with Gasteiger partial charge in [0.15, 0.2) is 0 Å². The molecule has 3 heteroatoms. The first kappa shape index (κ1) is 11.0. The number of hydrogen-bond donors (Lipinski definition) is 0. The van der Waals surface area contributed by atoms with Crippen LogP contribution in [0.2, 0.25) is 5.15 Å². The number of pyridine rings is 1. The van der Waals surface area contributed by atoms with Crippen LogP contribution in [0.3, 0.4) is 0 Å². The van der Waals surface area contributed by atoms with E-state index < -0.39 is 0 Å². The molecule has 0 atom stereocenters. The lowest BCUT2D eigenvalue weighted by atomic mass is 10.1. The van der Waals surface area contributed by atoms with E-state index >= 15 is 0 Å². The molecule has 0 N–H and O–H groups in total. The molecule has 2 nitrogen and oxygen atoms in total. The molecule has 1 aliphatic rings. The minimum atomic E-state index is 0.649. The van der Waals surface area contributed by atoms with Gasteiger partial charge < -0.3 is 0 Å². The first-order chi connectivity index (χ1) is 8.33. The minimum Gasteiger partial charge on any atom is -0.299 e. The average molecular weight is 247 g/mol. The van der Waals surface area contributed by atoms with Crippen LogP contribution in [0.1, 0.15) is 18.4 Å². The topological polar surface area (TPSA) is 16.1 Å². The van der Waals surface area contributed by atoms with Crippen molar-refractivity contribution in [1.29, 1.82) is 0 Å². The van der Waals surface area contributed by atoms with E-state index in [0.29, 0.717) is 5.15 Å². The summed E-state index contributed by atoms with van der Waals surface area (Å²) in [5.41, 5.74) is 2.12. The molecule has 3 rings (SSSR count). The largest absolute Gasteiger partial charge is 0.299 e. The zero-order valence-corrected chi connectivity index (χ0v) is 10.5. The molecule has 88 valence electrons. The van der Waals surface area contributed by atoms with E-state index in [-0.39, 0.29) is 0 Å². The molecule has 0 aliphatic carbocycles. The summed E-state index contributed by atoms with van der Waals surface area (Å²) in [6.45, 7) is 3.29. The lowest BCUT2D eigenvalue weighted by Gasteiger charge is -2.15. The van der Waals surface area contributed by atoms with Gasteiger partial charge in [-0.1, -0.05) is 29.8 Å². The number of rotatable bonds is 2. The molecule has 1 aliphatic heterocycles. The van der Waals surface area contributed by atoms with Gasteiger partial charge in [-0.3, -0.25) is 4.90 Å². The second-order valence-corrected chi connectivity index (χ2v) is 4.97. The normalized spacial score (nSPS) is 16.8. The maximum absolute atomic E-state index is 6.24. The molecule has 1 aromatic carbocycles. The first-order valence-corrected chi connectivity index (χ1v) is 6.47. The monoisotopic (exact) mass is 246 g/mol. The fraction of sp³-hybridized carbons (Fsp3) is 0.357. The Kier molecular flexibility index (Phi) is 3.00. The number of hydrogen-bond acceptors (Lipinski definition) is 2. The van der Waals surface area contributed by atoms with Crippen LogP contribution in [0.4, 0.5) is 0 Å². The summed E-state index contributed by atoms with van der Waals surface area (Å²) in [4.78, 5) is 6.90. The van der Waals surface area contributed by atoms with Gasteiger partial charge in [-0.15, -0.1) is 0 Å². The Morgan fingerprint density at radius 1 is 1.18 bits per heavy atom. The standard InChI is InChI=1S/C14H15ClN2/c15-14-12(10-17-7-3-4-8-17)9-11-5-1-2-6-13(11)16-14/h1-2,5-6,9H,3-4,7-8,10H2. The Labute approximate surface area is 106 Å². The predicted octanol–water partition coefficient (Wildman–Crippen LogP) is 3.48. The van der Waals surface area contributed by atoms with Gasteiger partial charge in [-0.05, 0) is 38.1 Å². The maximum atomic E-state index is 6.24. The molecule has 1 aromatic heterocycles. The number of halogens is 1. The van der Waals surface area contributed by atoms with Crippen LogP contribution in [0, 0.1) is 0 Å². The number of aromatic nitrogens is 1. The van der Waals surface area contributed by atoms with Crippen molar-refractivity contribution in [2.75, 3.05) is 13.1 Å². The van der Waals surface area contributed by atoms with Crippen LogP contribution < -0.4 is 0 Å². The zero-order valence-electron chi connectivity index (χ0n) is 9.69. The smallest absolute Gasteiger partial charge is 0.134 e. The lowest BCUT2D eigenvalue weighted by Crippen LogP contribution is -2.18. The predicted molar refractivity (Wildman–Crippen MR) is 71.3 cm³/mol. The molecule has 2 aromatic rings. The van der Waals surface area contributed by atoms with E-state index in [2.05, 4.69) is 22.0 Å². The van der Waals surface area contributed by atoms with Gasteiger partial charge in [-0.2, -0.15) is 0 Å². The molecular weight excluding hydrogens is 232 g/mol. The summed E-state index contributed by atoms with van der Waals surface area (Å²) in [5.74, 6) is 0. The number of likely N-dealkylation sites (tertiary alicyclic amines) is 1. The van der Waals surface area contributed by atoms with Crippen molar-refractivity contribution < 1.29 is 0 Å². The average Bonchev–Trinajstić information content (AvgIpc) is 2.83. The van der Waals surface area contributed by atoms with E-state index in [1.54, 1.807) is 0 Å². The van der Waals surface area contributed by atoms with Crippen molar-refractivity contribution in [2.24, 2.45) is 0 Å². The van der Waals surface area contributed by atoms with Gasteiger partial charge in [0.05, 0.1) is 5.52 Å². The number of para-hydroxylation sites is 1. The molecule has 1 saturated heterocycles. The molecule has 1 fully saturated rings. The van der Waals surface area contributed by atoms with Gasteiger partial charge in [0.1, 0.15) is 5.15 Å². The van der Waals surface area contributed by atoms with Crippen molar-refractivity contribution in [3.8, 4) is 0 Å². The summed E-state index contributed by atoms with van der Waals surface area (Å²) >= 11 is 6.24. The molecule has 2 heterocycles. The molecule has 0 unspecified atom stereocenters. The zero-order chi connectivity index (χ0) is 11.7. The number of nitrogens with zero attached hydrogens (tertiary/aromatic N) is 2. The third-order valence-corrected chi connectivity index (χ3v) is 3.67. The van der Waals surface area contributed by atoms with Gasteiger partial charge >= 0.3 is 0 Å². The van der Waals surface area contributed by atoms with Crippen LogP contribution in [0.15, 0.2) is 30.3 Å². The Hall–Kier alpha value is -1.12. The van der Waals surface area contributed by atoms with Crippen LogP contribution in [0.5, 0.6) is 0 Å². The first-order valence-electron chi connectivity index (χ1n) is 6.09. The highest BCUT2D eigenvalue weighted by molar-refractivity contribution is 6.30. The van der Waals surface area contributed by atoms with E-state index in [1.165, 1.54) is 31.3 Å². The van der Waals surface area contributed by atoms with E-state index in [0.717, 1.165) is 17.6 Å². The maximum Gasteiger partial charge on any atom is 0.134 e. The highest BCUT2D eigenvalue weighted by Crippen LogP contribution is 2.23. The van der Waals surface area contributed by atoms with Gasteiger partial charge in [0.2, 0.25) is 0 Å². The van der Waals surface area contributed by atoms with Crippen LogP contribution in [-0.4, -0.2) is 23.0 Å². The van der Waals surface area contributed by atoms with E-state index in [1.807, 2.05) is 18.2 Å². The number of benzene rings is 1. The molecular formula is C14H15ClN2. The Morgan fingerprint density at radius 2 is 1.94 bits per heavy atom. The fourth-order valence-electron chi connectivity index (χ4n) is 2.43. The van der Waals surface area contributed by atoms with Crippen molar-refractivity contribution >= 4 is 22.5 Å². The minimum absolute atomic E-state index is 0.649. The molecule has 0 amide bonds. The van der Waals surface area contributed by atoms with Gasteiger partial charge in [-0.25, -0.2) is 4.98 Å². The van der Waals surface area contributed by atoms with E-state index in [9.17, 15) is 0 Å². The van der Waals surface area contributed by atoms with Gasteiger partial charge in [0, 0.05) is 17.5 Å². The third kappa shape index (κ3) is 2.28. The quantitative estimate of drug-likeness (QED) is 0.755. The Morgan fingerprint density at radius 3 is 2.76 bits per heavy atom. The fourth-order valence-corrected chi connectivity index (χ4v) is 2.63. The van der Waals surface area contributed by atoms with E-state index in [4.69, 9.17) is 11.6 Å². The van der Waals surface area contributed by atoms with Crippen molar-refractivity contribution in [3.63, 3.8) is 0 Å². The molecule has 0 bridgehead atoms. The third-order valence-electron chi connectivity index (χ3n) is 3.34. The summed E-state index contributed by atoms with van der Waals surface area (Å²) in [6, 6.07) is 10.3. The van der Waals surface area contributed by atoms with Crippen LogP contribution >= 0.6 is 11.6 Å². The summed E-state index contributed by atoms with van der Waals surface area (Å²) in [6.07, 6.45) is 2.61. The van der Waals surface area contributed by atoms with Crippen molar-refractivity contribution in [3.05, 3.63) is 41.0 Å². The summed E-state index contributed by atoms with van der Waals surface area (Å²) in [7, 11) is 0.